The predicted molar refractivity (Wildman–Crippen MR) is 62.8 cm³/mol. The highest BCUT2D eigenvalue weighted by Gasteiger charge is 1.97. The van der Waals surface area contributed by atoms with Crippen molar-refractivity contribution in [3.05, 3.63) is 34.9 Å². The zero-order valence-electron chi connectivity index (χ0n) is 9.56. The number of aryl methyl sites for hydroxylation is 3. The van der Waals surface area contributed by atoms with E-state index in [2.05, 4.69) is 44.3 Å². The van der Waals surface area contributed by atoms with E-state index in [1.807, 2.05) is 0 Å². The second kappa shape index (κ2) is 5.82. The van der Waals surface area contributed by atoms with Gasteiger partial charge in [-0.1, -0.05) is 30.7 Å². The molecule has 0 bridgehead atoms. The molecule has 0 aliphatic heterocycles. The standard InChI is InChI=1S/C13H21N/c1-4-14-9-5-6-13-8-7-11(2)10-12(13)3/h7-8,10,14H,4-6,9H2,1-3H3. The summed E-state index contributed by atoms with van der Waals surface area (Å²) in [5.41, 5.74) is 4.29. The fourth-order valence-corrected chi connectivity index (χ4v) is 1.71. The smallest absolute Gasteiger partial charge is 0.00459 e. The number of hydrogen-bond acceptors (Lipinski definition) is 1. The van der Waals surface area contributed by atoms with E-state index in [9.17, 15) is 0 Å². The highest BCUT2D eigenvalue weighted by atomic mass is 14.8. The molecule has 0 saturated heterocycles. The summed E-state index contributed by atoms with van der Waals surface area (Å²) in [7, 11) is 0. The molecule has 1 N–H and O–H groups in total. The van der Waals surface area contributed by atoms with Gasteiger partial charge in [0.25, 0.3) is 0 Å². The molecule has 14 heavy (non-hydrogen) atoms. The minimum atomic E-state index is 1.08. The molecule has 0 radical (unpaired) electrons. The quantitative estimate of drug-likeness (QED) is 0.706. The maximum absolute atomic E-state index is 3.35. The Bertz CT molecular complexity index is 279. The van der Waals surface area contributed by atoms with Crippen LogP contribution in [0.4, 0.5) is 0 Å². The van der Waals surface area contributed by atoms with Crippen LogP contribution in [0.1, 0.15) is 30.0 Å². The van der Waals surface area contributed by atoms with Crippen LogP contribution in [0, 0.1) is 13.8 Å². The molecule has 0 atom stereocenters. The first kappa shape index (κ1) is 11.3. The van der Waals surface area contributed by atoms with Crippen LogP contribution in [0.3, 0.4) is 0 Å². The van der Waals surface area contributed by atoms with Crippen molar-refractivity contribution in [3.8, 4) is 0 Å². The van der Waals surface area contributed by atoms with Crippen LogP contribution in [-0.4, -0.2) is 13.1 Å². The third kappa shape index (κ3) is 3.51. The molecule has 1 heteroatoms. The molecule has 0 spiro atoms. The van der Waals surface area contributed by atoms with E-state index in [4.69, 9.17) is 0 Å². The number of benzene rings is 1. The first-order chi connectivity index (χ1) is 6.74. The van der Waals surface area contributed by atoms with E-state index in [-0.39, 0.29) is 0 Å². The predicted octanol–water partition coefficient (Wildman–Crippen LogP) is 2.85. The van der Waals surface area contributed by atoms with Gasteiger partial charge in [-0.25, -0.2) is 0 Å². The van der Waals surface area contributed by atoms with Gasteiger partial charge in [0.1, 0.15) is 0 Å². The normalized spacial score (nSPS) is 10.5. The lowest BCUT2D eigenvalue weighted by Gasteiger charge is -2.06. The number of rotatable bonds is 5. The van der Waals surface area contributed by atoms with Gasteiger partial charge >= 0.3 is 0 Å². The zero-order chi connectivity index (χ0) is 10.4. The van der Waals surface area contributed by atoms with Gasteiger partial charge in [0.15, 0.2) is 0 Å². The SMILES string of the molecule is CCNCCCc1ccc(C)cc1C. The van der Waals surface area contributed by atoms with Crippen molar-refractivity contribution in [2.75, 3.05) is 13.1 Å². The summed E-state index contributed by atoms with van der Waals surface area (Å²) in [5, 5.41) is 3.35. The summed E-state index contributed by atoms with van der Waals surface area (Å²) in [4.78, 5) is 0. The van der Waals surface area contributed by atoms with Crippen LogP contribution in [0.15, 0.2) is 18.2 Å². The third-order valence-electron chi connectivity index (χ3n) is 2.55. The first-order valence-electron chi connectivity index (χ1n) is 5.51. The average Bonchev–Trinajstić information content (AvgIpc) is 2.15. The Kier molecular flexibility index (Phi) is 4.68. The lowest BCUT2D eigenvalue weighted by molar-refractivity contribution is 0.671. The summed E-state index contributed by atoms with van der Waals surface area (Å²) >= 11 is 0. The molecule has 1 nitrogen and oxygen atoms in total. The summed E-state index contributed by atoms with van der Waals surface area (Å²) < 4.78 is 0. The van der Waals surface area contributed by atoms with Crippen LogP contribution in [0.25, 0.3) is 0 Å². The van der Waals surface area contributed by atoms with Gasteiger partial charge in [0.05, 0.1) is 0 Å². The van der Waals surface area contributed by atoms with Gasteiger partial charge in [0, 0.05) is 0 Å². The average molecular weight is 191 g/mol. The molecule has 0 amide bonds. The van der Waals surface area contributed by atoms with Crippen LogP contribution in [0.5, 0.6) is 0 Å². The van der Waals surface area contributed by atoms with E-state index < -0.39 is 0 Å². The van der Waals surface area contributed by atoms with Crippen LogP contribution >= 0.6 is 0 Å². The maximum Gasteiger partial charge on any atom is -0.00459 e. The Morgan fingerprint density at radius 1 is 1.21 bits per heavy atom. The van der Waals surface area contributed by atoms with E-state index in [1.165, 1.54) is 29.5 Å². The number of nitrogens with one attached hydrogen (secondary N) is 1. The largest absolute Gasteiger partial charge is 0.317 e. The third-order valence-corrected chi connectivity index (χ3v) is 2.55. The molecule has 0 aliphatic carbocycles. The molecule has 1 aromatic carbocycles. The van der Waals surface area contributed by atoms with E-state index in [1.54, 1.807) is 0 Å². The van der Waals surface area contributed by atoms with Crippen molar-refractivity contribution in [2.45, 2.75) is 33.6 Å². The molecular formula is C13H21N. The monoisotopic (exact) mass is 191 g/mol. The van der Waals surface area contributed by atoms with Gasteiger partial charge in [-0.05, 0) is 50.9 Å². The molecular weight excluding hydrogens is 170 g/mol. The molecule has 0 fully saturated rings. The Morgan fingerprint density at radius 3 is 2.64 bits per heavy atom. The minimum absolute atomic E-state index is 1.08. The van der Waals surface area contributed by atoms with Gasteiger partial charge in [-0.2, -0.15) is 0 Å². The lowest BCUT2D eigenvalue weighted by atomic mass is 10.0. The summed E-state index contributed by atoms with van der Waals surface area (Å²) in [6.07, 6.45) is 2.43. The molecule has 1 rings (SSSR count). The van der Waals surface area contributed by atoms with Crippen molar-refractivity contribution in [2.24, 2.45) is 0 Å². The first-order valence-corrected chi connectivity index (χ1v) is 5.51. The second-order valence-corrected chi connectivity index (χ2v) is 3.89. The Morgan fingerprint density at radius 2 is 2.00 bits per heavy atom. The molecule has 1 aromatic rings. The Labute approximate surface area is 87.5 Å². The van der Waals surface area contributed by atoms with Gasteiger partial charge in [-0.15, -0.1) is 0 Å². The molecule has 0 heterocycles. The van der Waals surface area contributed by atoms with Crippen molar-refractivity contribution in [3.63, 3.8) is 0 Å². The maximum atomic E-state index is 3.35. The van der Waals surface area contributed by atoms with Crippen molar-refractivity contribution in [1.82, 2.24) is 5.32 Å². The Balaban J connectivity index is 2.42. The highest BCUT2D eigenvalue weighted by molar-refractivity contribution is 5.30. The summed E-state index contributed by atoms with van der Waals surface area (Å²) in [6, 6.07) is 6.73. The highest BCUT2D eigenvalue weighted by Crippen LogP contribution is 2.11. The molecule has 78 valence electrons. The Hall–Kier alpha value is -0.820. The topological polar surface area (TPSA) is 12.0 Å². The van der Waals surface area contributed by atoms with E-state index >= 15 is 0 Å². The summed E-state index contributed by atoms with van der Waals surface area (Å²) in [5.74, 6) is 0. The molecule has 0 unspecified atom stereocenters. The van der Waals surface area contributed by atoms with Gasteiger partial charge in [-0.3, -0.25) is 0 Å². The van der Waals surface area contributed by atoms with Crippen LogP contribution in [0.2, 0.25) is 0 Å². The van der Waals surface area contributed by atoms with Crippen molar-refractivity contribution in [1.29, 1.82) is 0 Å². The van der Waals surface area contributed by atoms with E-state index in [0.717, 1.165) is 13.1 Å². The molecule has 0 aromatic heterocycles. The molecule has 0 saturated carbocycles. The fraction of sp³-hybridized carbons (Fsp3) is 0.538. The van der Waals surface area contributed by atoms with Crippen molar-refractivity contribution < 1.29 is 0 Å². The second-order valence-electron chi connectivity index (χ2n) is 3.89. The van der Waals surface area contributed by atoms with E-state index in [0.29, 0.717) is 0 Å². The zero-order valence-corrected chi connectivity index (χ0v) is 9.56. The summed E-state index contributed by atoms with van der Waals surface area (Å²) in [6.45, 7) is 8.71. The van der Waals surface area contributed by atoms with Crippen molar-refractivity contribution >= 4 is 0 Å². The molecule has 0 aliphatic rings. The number of hydrogen-bond donors (Lipinski definition) is 1. The lowest BCUT2D eigenvalue weighted by Crippen LogP contribution is -2.14. The van der Waals surface area contributed by atoms with Gasteiger partial charge in [0.2, 0.25) is 0 Å². The van der Waals surface area contributed by atoms with Crippen LogP contribution < -0.4 is 5.32 Å². The minimum Gasteiger partial charge on any atom is -0.317 e. The fourth-order valence-electron chi connectivity index (χ4n) is 1.71. The van der Waals surface area contributed by atoms with Crippen LogP contribution in [-0.2, 0) is 6.42 Å². The van der Waals surface area contributed by atoms with Gasteiger partial charge < -0.3 is 5.32 Å².